The van der Waals surface area contributed by atoms with E-state index in [-0.39, 0.29) is 5.56 Å². The van der Waals surface area contributed by atoms with E-state index in [1.807, 2.05) is 42.0 Å². The molecule has 6 nitrogen and oxygen atoms in total. The van der Waals surface area contributed by atoms with Crippen LogP contribution in [0.3, 0.4) is 0 Å². The van der Waals surface area contributed by atoms with Crippen LogP contribution in [-0.2, 0) is 4.74 Å². The van der Waals surface area contributed by atoms with Crippen LogP contribution in [0.2, 0.25) is 0 Å². The van der Waals surface area contributed by atoms with Crippen molar-refractivity contribution in [3.63, 3.8) is 0 Å². The summed E-state index contributed by atoms with van der Waals surface area (Å²) in [6, 6.07) is 7.56. The molecule has 3 aromatic rings. The van der Waals surface area contributed by atoms with Gasteiger partial charge in [-0.3, -0.25) is 4.79 Å². The van der Waals surface area contributed by atoms with Crippen LogP contribution in [0.4, 0.5) is 0 Å². The van der Waals surface area contributed by atoms with Crippen molar-refractivity contribution in [1.82, 2.24) is 14.5 Å². The second-order valence-corrected chi connectivity index (χ2v) is 4.95. The Hall–Kier alpha value is -2.60. The predicted molar refractivity (Wildman–Crippen MR) is 83.8 cm³/mol. The molecule has 0 radical (unpaired) electrons. The Morgan fingerprint density at radius 1 is 1.23 bits per heavy atom. The molecule has 0 bridgehead atoms. The van der Waals surface area contributed by atoms with E-state index in [0.29, 0.717) is 24.2 Å². The average molecular weight is 299 g/mol. The Bertz CT molecular complexity index is 834. The number of rotatable bonds is 5. The molecule has 0 aliphatic carbocycles. The number of aromatic amines is 1. The number of nitrogens with zero attached hydrogens (tertiary/aromatic N) is 2. The van der Waals surface area contributed by atoms with Gasteiger partial charge >= 0.3 is 0 Å². The van der Waals surface area contributed by atoms with Gasteiger partial charge in [0.1, 0.15) is 17.9 Å². The molecule has 2 aromatic heterocycles. The van der Waals surface area contributed by atoms with Crippen molar-refractivity contribution in [2.75, 3.05) is 20.3 Å². The van der Waals surface area contributed by atoms with Crippen molar-refractivity contribution in [3.05, 3.63) is 52.7 Å². The number of aromatic nitrogens is 3. The molecule has 22 heavy (non-hydrogen) atoms. The Balaban J connectivity index is 1.96. The maximum atomic E-state index is 12.1. The van der Waals surface area contributed by atoms with E-state index in [9.17, 15) is 4.79 Å². The highest BCUT2D eigenvalue weighted by atomic mass is 16.5. The lowest BCUT2D eigenvalue weighted by Gasteiger charge is -2.08. The molecule has 3 rings (SSSR count). The number of methoxy groups -OCH3 is 1. The van der Waals surface area contributed by atoms with Gasteiger partial charge in [0.15, 0.2) is 0 Å². The van der Waals surface area contributed by atoms with Crippen LogP contribution in [0.25, 0.3) is 16.7 Å². The molecular weight excluding hydrogens is 282 g/mol. The van der Waals surface area contributed by atoms with E-state index < -0.39 is 0 Å². The molecule has 0 aliphatic heterocycles. The summed E-state index contributed by atoms with van der Waals surface area (Å²) in [7, 11) is 1.64. The minimum Gasteiger partial charge on any atom is -0.491 e. The number of benzene rings is 1. The van der Waals surface area contributed by atoms with Gasteiger partial charge in [-0.1, -0.05) is 0 Å². The third-order valence-electron chi connectivity index (χ3n) is 3.44. The number of ether oxygens (including phenoxy) is 2. The number of nitrogens with one attached hydrogen (secondary N) is 1. The molecule has 1 aromatic carbocycles. The van der Waals surface area contributed by atoms with Crippen LogP contribution in [0.5, 0.6) is 5.75 Å². The van der Waals surface area contributed by atoms with Crippen molar-refractivity contribution in [2.24, 2.45) is 0 Å². The van der Waals surface area contributed by atoms with Crippen molar-refractivity contribution < 1.29 is 9.47 Å². The summed E-state index contributed by atoms with van der Waals surface area (Å²) in [4.78, 5) is 18.9. The van der Waals surface area contributed by atoms with Crippen molar-refractivity contribution in [2.45, 2.75) is 6.92 Å². The predicted octanol–water partition coefficient (Wildman–Crippen LogP) is 2.05. The first-order valence-corrected chi connectivity index (χ1v) is 6.98. The summed E-state index contributed by atoms with van der Waals surface area (Å²) < 4.78 is 12.3. The number of H-pyrrole nitrogens is 1. The average Bonchev–Trinajstić information content (AvgIpc) is 2.87. The first-order valence-electron chi connectivity index (χ1n) is 6.98. The first-order chi connectivity index (χ1) is 10.7. The Labute approximate surface area is 127 Å². The second-order valence-electron chi connectivity index (χ2n) is 4.95. The Morgan fingerprint density at radius 2 is 2.00 bits per heavy atom. The zero-order valence-electron chi connectivity index (χ0n) is 12.5. The highest BCUT2D eigenvalue weighted by Gasteiger charge is 2.11. The lowest BCUT2D eigenvalue weighted by atomic mass is 10.3. The molecule has 0 saturated heterocycles. The molecule has 0 amide bonds. The summed E-state index contributed by atoms with van der Waals surface area (Å²) in [5, 5.41) is 0. The first kappa shape index (κ1) is 14.3. The van der Waals surface area contributed by atoms with Crippen LogP contribution in [-0.4, -0.2) is 34.9 Å². The summed E-state index contributed by atoms with van der Waals surface area (Å²) in [6.07, 6.45) is 3.34. The highest BCUT2D eigenvalue weighted by molar-refractivity contribution is 5.80. The van der Waals surface area contributed by atoms with Gasteiger partial charge in [0.05, 0.1) is 18.5 Å². The van der Waals surface area contributed by atoms with Gasteiger partial charge in [0.25, 0.3) is 5.56 Å². The summed E-state index contributed by atoms with van der Waals surface area (Å²) in [5.41, 5.74) is 2.95. The maximum Gasteiger partial charge on any atom is 0.275 e. The van der Waals surface area contributed by atoms with Crippen LogP contribution < -0.4 is 10.3 Å². The van der Waals surface area contributed by atoms with Crippen LogP contribution >= 0.6 is 0 Å². The van der Waals surface area contributed by atoms with Gasteiger partial charge in [-0.05, 0) is 36.8 Å². The molecule has 0 saturated carbocycles. The Kier molecular flexibility index (Phi) is 3.93. The maximum absolute atomic E-state index is 12.1. The quantitative estimate of drug-likeness (QED) is 0.732. The van der Waals surface area contributed by atoms with Gasteiger partial charge in [0.2, 0.25) is 0 Å². The van der Waals surface area contributed by atoms with Crippen molar-refractivity contribution in [1.29, 1.82) is 0 Å². The highest BCUT2D eigenvalue weighted by Crippen LogP contribution is 2.21. The molecular formula is C16H17N3O3. The lowest BCUT2D eigenvalue weighted by molar-refractivity contribution is 0.146. The fourth-order valence-corrected chi connectivity index (χ4v) is 2.37. The van der Waals surface area contributed by atoms with E-state index in [4.69, 9.17) is 9.47 Å². The third-order valence-corrected chi connectivity index (χ3v) is 3.44. The normalized spacial score (nSPS) is 11.0. The zero-order valence-corrected chi connectivity index (χ0v) is 12.5. The molecule has 6 heteroatoms. The molecule has 0 fully saturated rings. The zero-order chi connectivity index (χ0) is 15.5. The summed E-state index contributed by atoms with van der Waals surface area (Å²) in [6.45, 7) is 2.99. The van der Waals surface area contributed by atoms with Crippen molar-refractivity contribution >= 4 is 11.0 Å². The van der Waals surface area contributed by atoms with Gasteiger partial charge < -0.3 is 19.0 Å². The molecule has 0 aliphatic rings. The van der Waals surface area contributed by atoms with E-state index in [1.54, 1.807) is 7.11 Å². The van der Waals surface area contributed by atoms with E-state index >= 15 is 0 Å². The molecule has 2 heterocycles. The van der Waals surface area contributed by atoms with E-state index in [1.165, 1.54) is 6.33 Å². The van der Waals surface area contributed by atoms with Gasteiger partial charge in [0, 0.05) is 19.0 Å². The summed E-state index contributed by atoms with van der Waals surface area (Å²) in [5.74, 6) is 0.765. The largest absolute Gasteiger partial charge is 0.491 e. The topological polar surface area (TPSA) is 69.1 Å². The molecule has 0 atom stereocenters. The number of hydrogen-bond acceptors (Lipinski definition) is 4. The monoisotopic (exact) mass is 299 g/mol. The van der Waals surface area contributed by atoms with Crippen LogP contribution in [0.1, 0.15) is 5.56 Å². The van der Waals surface area contributed by atoms with Crippen LogP contribution in [0, 0.1) is 6.92 Å². The molecule has 0 unspecified atom stereocenters. The van der Waals surface area contributed by atoms with Crippen LogP contribution in [0.15, 0.2) is 41.6 Å². The minimum atomic E-state index is -0.154. The van der Waals surface area contributed by atoms with E-state index in [0.717, 1.165) is 17.0 Å². The van der Waals surface area contributed by atoms with Crippen molar-refractivity contribution in [3.8, 4) is 11.4 Å². The Morgan fingerprint density at radius 3 is 2.73 bits per heavy atom. The number of fused-ring (bicyclic) bond motifs is 1. The molecule has 0 spiro atoms. The van der Waals surface area contributed by atoms with Gasteiger partial charge in [-0.25, -0.2) is 4.98 Å². The summed E-state index contributed by atoms with van der Waals surface area (Å²) >= 11 is 0. The van der Waals surface area contributed by atoms with Gasteiger partial charge in [-0.2, -0.15) is 0 Å². The minimum absolute atomic E-state index is 0.154. The van der Waals surface area contributed by atoms with Gasteiger partial charge in [-0.15, -0.1) is 0 Å². The second kappa shape index (κ2) is 6.03. The lowest BCUT2D eigenvalue weighted by Crippen LogP contribution is -2.10. The molecule has 1 N–H and O–H groups in total. The number of hydrogen-bond donors (Lipinski definition) is 1. The standard InChI is InChI=1S/C16H17N3O3/c1-11-9-19(15-14(11)17-10-18-16(15)20)12-3-5-13(6-4-12)22-8-7-21-2/h3-6,9-10H,7-8H2,1-2H3,(H,17,18,20). The van der Waals surface area contributed by atoms with E-state index in [2.05, 4.69) is 9.97 Å². The fourth-order valence-electron chi connectivity index (χ4n) is 2.37. The molecule has 114 valence electrons. The third kappa shape index (κ3) is 2.60. The SMILES string of the molecule is COCCOc1ccc(-n2cc(C)c3nc[nH]c(=O)c32)cc1. The number of aryl methyl sites for hydroxylation is 1. The fraction of sp³-hybridized carbons (Fsp3) is 0.250. The smallest absolute Gasteiger partial charge is 0.275 e.